The molecule has 0 radical (unpaired) electrons. The van der Waals surface area contributed by atoms with E-state index in [9.17, 15) is 16.8 Å². The summed E-state index contributed by atoms with van der Waals surface area (Å²) in [6.07, 6.45) is 2.84. The Kier molecular flexibility index (Phi) is 9.39. The first-order chi connectivity index (χ1) is 11.7. The number of aromatic nitrogens is 2. The van der Waals surface area contributed by atoms with Gasteiger partial charge in [0.2, 0.25) is 22.6 Å². The standard InChI is InChI=1S/2C6H4Br3NO2S/c2*7-6(8,9)13(11,12)5-3-1-2-4-10-5/h2*1-4H. The van der Waals surface area contributed by atoms with Crippen LogP contribution in [0.15, 0.2) is 58.8 Å². The largest absolute Gasteiger partial charge is 0.245 e. The molecule has 2 heterocycles. The Bertz CT molecular complexity index is 848. The van der Waals surface area contributed by atoms with E-state index in [0.717, 1.165) is 0 Å². The highest BCUT2D eigenvalue weighted by atomic mass is 80.0. The molecular formula is C12H8Br6N2O4S2. The number of sulfone groups is 2. The average Bonchev–Trinajstić information content (AvgIpc) is 2.55. The monoisotopic (exact) mass is 782 g/mol. The third kappa shape index (κ3) is 6.56. The number of nitrogens with zero attached hydrogens (tertiary/aromatic N) is 2. The molecule has 0 aliphatic heterocycles. The quantitative estimate of drug-likeness (QED) is 0.384. The summed E-state index contributed by atoms with van der Waals surface area (Å²) in [7, 11) is -7.08. The van der Waals surface area contributed by atoms with E-state index in [1.165, 1.54) is 24.5 Å². The van der Waals surface area contributed by atoms with Crippen LogP contribution in [0.2, 0.25) is 0 Å². The smallest absolute Gasteiger partial charge is 0.240 e. The van der Waals surface area contributed by atoms with Crippen molar-refractivity contribution in [1.82, 2.24) is 9.97 Å². The molecule has 0 aliphatic rings. The fourth-order valence-electron chi connectivity index (χ4n) is 1.25. The van der Waals surface area contributed by atoms with Crippen LogP contribution < -0.4 is 0 Å². The molecule has 6 nitrogen and oxygen atoms in total. The lowest BCUT2D eigenvalue weighted by Gasteiger charge is -2.11. The van der Waals surface area contributed by atoms with Gasteiger partial charge in [0, 0.05) is 12.4 Å². The zero-order chi connectivity index (χ0) is 20.2. The molecule has 0 spiro atoms. The van der Waals surface area contributed by atoms with E-state index in [1.54, 1.807) is 24.3 Å². The molecular weight excluding hydrogens is 780 g/mol. The van der Waals surface area contributed by atoms with Crippen molar-refractivity contribution < 1.29 is 16.8 Å². The summed E-state index contributed by atoms with van der Waals surface area (Å²) in [5.74, 6) is 0. The SMILES string of the molecule is O=S(=O)(c1ccccn1)C(Br)(Br)Br.O=S(=O)(c1ccccn1)C(Br)(Br)Br. The predicted molar refractivity (Wildman–Crippen MR) is 122 cm³/mol. The van der Waals surface area contributed by atoms with Crippen molar-refractivity contribution in [2.24, 2.45) is 0 Å². The molecule has 0 saturated heterocycles. The van der Waals surface area contributed by atoms with Crippen molar-refractivity contribution in [3.05, 3.63) is 48.8 Å². The van der Waals surface area contributed by atoms with Crippen molar-refractivity contribution in [2.75, 3.05) is 0 Å². The van der Waals surface area contributed by atoms with Crippen LogP contribution >= 0.6 is 95.6 Å². The molecule has 0 aromatic carbocycles. The van der Waals surface area contributed by atoms with Crippen molar-refractivity contribution >= 4 is 115 Å². The molecule has 2 aromatic rings. The van der Waals surface area contributed by atoms with E-state index in [-0.39, 0.29) is 10.1 Å². The van der Waals surface area contributed by atoms with Crippen LogP contribution in [0, 0.1) is 0 Å². The lowest BCUT2D eigenvalue weighted by Crippen LogP contribution is -2.18. The van der Waals surface area contributed by atoms with E-state index < -0.39 is 22.6 Å². The van der Waals surface area contributed by atoms with Gasteiger partial charge in [0.25, 0.3) is 0 Å². The van der Waals surface area contributed by atoms with Crippen LogP contribution in [0.5, 0.6) is 0 Å². The van der Waals surface area contributed by atoms with Gasteiger partial charge in [0.05, 0.1) is 0 Å². The molecule has 0 N–H and O–H groups in total. The van der Waals surface area contributed by atoms with Crippen LogP contribution in [-0.4, -0.2) is 29.8 Å². The maximum Gasteiger partial charge on any atom is 0.240 e. The third-order valence-corrected chi connectivity index (χ3v) is 12.9. The second-order valence-electron chi connectivity index (χ2n) is 4.23. The predicted octanol–water partition coefficient (Wildman–Crippen LogP) is 5.30. The van der Waals surface area contributed by atoms with E-state index in [2.05, 4.69) is 106 Å². The molecule has 0 fully saturated rings. The first-order valence-corrected chi connectivity index (χ1v) is 13.9. The molecule has 0 bridgehead atoms. The van der Waals surface area contributed by atoms with E-state index in [4.69, 9.17) is 0 Å². The lowest BCUT2D eigenvalue weighted by atomic mass is 10.5. The number of pyridine rings is 2. The average molecular weight is 788 g/mol. The maximum atomic E-state index is 11.7. The highest BCUT2D eigenvalue weighted by Gasteiger charge is 2.39. The Balaban J connectivity index is 0.000000260. The summed E-state index contributed by atoms with van der Waals surface area (Å²) in [4.78, 5) is 7.48. The van der Waals surface area contributed by atoms with Crippen LogP contribution in [0.4, 0.5) is 0 Å². The summed E-state index contributed by atoms with van der Waals surface area (Å²) in [5, 5.41) is 0.00116. The van der Waals surface area contributed by atoms with E-state index >= 15 is 0 Å². The number of halogens is 6. The van der Waals surface area contributed by atoms with Gasteiger partial charge in [-0.1, -0.05) is 12.1 Å². The zero-order valence-corrected chi connectivity index (χ0v) is 23.4. The highest BCUT2D eigenvalue weighted by molar-refractivity contribution is 9.42. The minimum absolute atomic E-state index is 0.000579. The van der Waals surface area contributed by atoms with Crippen molar-refractivity contribution in [3.8, 4) is 0 Å². The van der Waals surface area contributed by atoms with Gasteiger partial charge in [-0.15, -0.1) is 0 Å². The van der Waals surface area contributed by atoms with Gasteiger partial charge in [-0.2, -0.15) is 0 Å². The minimum Gasteiger partial charge on any atom is -0.245 e. The molecule has 14 heteroatoms. The Morgan fingerprint density at radius 2 is 0.923 bits per heavy atom. The summed E-state index contributed by atoms with van der Waals surface area (Å²) in [6.45, 7) is 0. The highest BCUT2D eigenvalue weighted by Crippen LogP contribution is 2.43. The first-order valence-electron chi connectivity index (χ1n) is 6.16. The van der Waals surface area contributed by atoms with Gasteiger partial charge in [-0.05, 0) is 120 Å². The van der Waals surface area contributed by atoms with E-state index in [1.807, 2.05) is 0 Å². The number of hydrogen-bond acceptors (Lipinski definition) is 6. The Morgan fingerprint density at radius 1 is 0.615 bits per heavy atom. The van der Waals surface area contributed by atoms with Gasteiger partial charge in [0.15, 0.2) is 10.1 Å². The van der Waals surface area contributed by atoms with Crippen LogP contribution in [-0.2, 0) is 19.7 Å². The topological polar surface area (TPSA) is 94.1 Å². The fraction of sp³-hybridized carbons (Fsp3) is 0.167. The second-order valence-corrected chi connectivity index (χ2v) is 25.0. The van der Waals surface area contributed by atoms with Crippen molar-refractivity contribution in [1.29, 1.82) is 0 Å². The second kappa shape index (κ2) is 9.72. The Hall–Kier alpha value is 1.08. The number of rotatable bonds is 2. The first kappa shape index (κ1) is 25.1. The molecule has 0 atom stereocenters. The summed E-state index contributed by atoms with van der Waals surface area (Å²) in [5.41, 5.74) is 0. The minimum atomic E-state index is -3.54. The fourth-order valence-corrected chi connectivity index (χ4v) is 5.62. The zero-order valence-electron chi connectivity index (χ0n) is 12.2. The Morgan fingerprint density at radius 3 is 1.12 bits per heavy atom. The summed E-state index contributed by atoms with van der Waals surface area (Å²) in [6, 6.07) is 9.37. The van der Waals surface area contributed by atoms with Crippen molar-refractivity contribution in [2.45, 2.75) is 13.0 Å². The summed E-state index contributed by atoms with van der Waals surface area (Å²) < 4.78 is 43.9. The number of hydrogen-bond donors (Lipinski definition) is 0. The van der Waals surface area contributed by atoms with Gasteiger partial charge >= 0.3 is 0 Å². The van der Waals surface area contributed by atoms with Gasteiger partial charge < -0.3 is 0 Å². The van der Waals surface area contributed by atoms with Crippen LogP contribution in [0.3, 0.4) is 0 Å². The molecule has 144 valence electrons. The molecule has 2 aromatic heterocycles. The molecule has 0 aliphatic carbocycles. The number of alkyl halides is 6. The van der Waals surface area contributed by atoms with Gasteiger partial charge in [-0.3, -0.25) is 0 Å². The lowest BCUT2D eigenvalue weighted by molar-refractivity contribution is 0.593. The normalized spacial score (nSPS) is 12.8. The maximum absolute atomic E-state index is 11.7. The van der Waals surface area contributed by atoms with Gasteiger partial charge in [-0.25, -0.2) is 26.8 Å². The van der Waals surface area contributed by atoms with E-state index in [0.29, 0.717) is 0 Å². The summed E-state index contributed by atoms with van der Waals surface area (Å²) >= 11 is 17.7. The van der Waals surface area contributed by atoms with Crippen LogP contribution in [0.25, 0.3) is 0 Å². The molecule has 26 heavy (non-hydrogen) atoms. The molecule has 0 amide bonds. The van der Waals surface area contributed by atoms with Crippen LogP contribution in [0.1, 0.15) is 0 Å². The molecule has 0 saturated carbocycles. The Labute approximate surface area is 201 Å². The van der Waals surface area contributed by atoms with Gasteiger partial charge in [0.1, 0.15) is 0 Å². The third-order valence-electron chi connectivity index (χ3n) is 2.44. The molecule has 0 unspecified atom stereocenters. The molecule has 2 rings (SSSR count). The van der Waals surface area contributed by atoms with Crippen molar-refractivity contribution in [3.63, 3.8) is 0 Å².